The molecule has 0 radical (unpaired) electrons. The van der Waals surface area contributed by atoms with Gasteiger partial charge in [0.15, 0.2) is 0 Å². The number of hydrogen-bond acceptors (Lipinski definition) is 2. The minimum absolute atomic E-state index is 0.473. The number of rotatable bonds is 0. The van der Waals surface area contributed by atoms with Crippen LogP contribution < -0.4 is 0 Å². The predicted molar refractivity (Wildman–Crippen MR) is 89.2 cm³/mol. The first-order valence-electron chi connectivity index (χ1n) is 6.09. The molecule has 0 aliphatic rings. The summed E-state index contributed by atoms with van der Waals surface area (Å²) in [5, 5.41) is 10.1. The molecular formula is C16H8S2Se. The van der Waals surface area contributed by atoms with Crippen molar-refractivity contribution >= 4 is 76.6 Å². The molecule has 0 amide bonds. The predicted octanol–water partition coefficient (Wildman–Crippen LogP) is 5.48. The number of fused-ring (bicyclic) bond motifs is 5. The van der Waals surface area contributed by atoms with Gasteiger partial charge in [-0.05, 0) is 0 Å². The summed E-state index contributed by atoms with van der Waals surface area (Å²) in [6.45, 7) is 0. The van der Waals surface area contributed by atoms with Gasteiger partial charge in [-0.3, -0.25) is 0 Å². The second kappa shape index (κ2) is 3.71. The third-order valence-corrected chi connectivity index (χ3v) is 7.72. The maximum absolute atomic E-state index is 2.41. The van der Waals surface area contributed by atoms with E-state index in [1.807, 2.05) is 22.7 Å². The minimum atomic E-state index is 0.473. The van der Waals surface area contributed by atoms with Gasteiger partial charge in [-0.2, -0.15) is 0 Å². The fourth-order valence-corrected chi connectivity index (χ4v) is 7.06. The Bertz CT molecular complexity index is 977. The van der Waals surface area contributed by atoms with Crippen LogP contribution in [0.2, 0.25) is 0 Å². The van der Waals surface area contributed by atoms with E-state index in [0.29, 0.717) is 14.5 Å². The summed E-state index contributed by atoms with van der Waals surface area (Å²) in [6, 6.07) is 14.0. The fourth-order valence-electron chi connectivity index (χ4n) is 2.69. The number of benzene rings is 2. The van der Waals surface area contributed by atoms with E-state index in [1.165, 1.54) is 30.9 Å². The summed E-state index contributed by atoms with van der Waals surface area (Å²) < 4.78 is 5.95. The zero-order valence-corrected chi connectivity index (χ0v) is 13.2. The van der Waals surface area contributed by atoms with Gasteiger partial charge in [-0.25, -0.2) is 0 Å². The van der Waals surface area contributed by atoms with Crippen molar-refractivity contribution in [1.82, 2.24) is 0 Å². The van der Waals surface area contributed by atoms with Gasteiger partial charge in [0.1, 0.15) is 0 Å². The summed E-state index contributed by atoms with van der Waals surface area (Å²) in [7, 11) is 0. The summed E-state index contributed by atoms with van der Waals surface area (Å²) in [6.07, 6.45) is 0. The normalized spacial score (nSPS) is 12.2. The van der Waals surface area contributed by atoms with E-state index in [1.54, 1.807) is 8.52 Å². The summed E-state index contributed by atoms with van der Waals surface area (Å²) in [5.74, 6) is 0. The first-order valence-corrected chi connectivity index (χ1v) is 9.56. The fraction of sp³-hybridized carbons (Fsp3) is 0. The molecule has 0 aliphatic heterocycles. The standard InChI is InChI=1S/C16H8S2Se/c1-3-17-13-7-15-11(5-9(1)13)12-6-10-2-4-18-14(10)8-16(12)19-15/h1-8H. The van der Waals surface area contributed by atoms with Gasteiger partial charge in [0.05, 0.1) is 0 Å². The molecule has 0 saturated carbocycles. The summed E-state index contributed by atoms with van der Waals surface area (Å²) in [5.41, 5.74) is 0. The Kier molecular flexibility index (Phi) is 2.08. The Morgan fingerprint density at radius 2 is 1.21 bits per heavy atom. The van der Waals surface area contributed by atoms with E-state index in [-0.39, 0.29) is 0 Å². The van der Waals surface area contributed by atoms with Gasteiger partial charge >= 0.3 is 124 Å². The van der Waals surface area contributed by atoms with Gasteiger partial charge in [-0.15, -0.1) is 0 Å². The van der Waals surface area contributed by atoms with Gasteiger partial charge in [-0.1, -0.05) is 0 Å². The van der Waals surface area contributed by atoms with Crippen LogP contribution in [0.1, 0.15) is 0 Å². The van der Waals surface area contributed by atoms with Crippen molar-refractivity contribution in [1.29, 1.82) is 0 Å². The van der Waals surface area contributed by atoms with Crippen molar-refractivity contribution < 1.29 is 0 Å². The molecule has 19 heavy (non-hydrogen) atoms. The van der Waals surface area contributed by atoms with Crippen LogP contribution in [0.3, 0.4) is 0 Å². The van der Waals surface area contributed by atoms with E-state index in [2.05, 4.69) is 47.2 Å². The topological polar surface area (TPSA) is 0 Å². The third kappa shape index (κ3) is 1.44. The molecule has 0 bridgehead atoms. The Morgan fingerprint density at radius 1 is 0.684 bits per heavy atom. The number of hydrogen-bond donors (Lipinski definition) is 0. The molecule has 3 heterocycles. The molecule has 0 aliphatic carbocycles. The van der Waals surface area contributed by atoms with Crippen molar-refractivity contribution in [3.05, 3.63) is 47.2 Å². The van der Waals surface area contributed by atoms with Gasteiger partial charge in [0.2, 0.25) is 0 Å². The van der Waals surface area contributed by atoms with Crippen LogP contribution in [0.4, 0.5) is 0 Å². The second-order valence-electron chi connectivity index (χ2n) is 4.72. The molecule has 3 heteroatoms. The van der Waals surface area contributed by atoms with Crippen molar-refractivity contribution in [3.8, 4) is 0 Å². The van der Waals surface area contributed by atoms with E-state index in [0.717, 1.165) is 0 Å². The van der Waals surface area contributed by atoms with Crippen molar-refractivity contribution in [2.75, 3.05) is 0 Å². The van der Waals surface area contributed by atoms with Crippen LogP contribution in [0.5, 0.6) is 0 Å². The van der Waals surface area contributed by atoms with Gasteiger partial charge in [0, 0.05) is 0 Å². The summed E-state index contributed by atoms with van der Waals surface area (Å²) in [4.78, 5) is 0. The molecule has 0 N–H and O–H groups in total. The van der Waals surface area contributed by atoms with Crippen LogP contribution in [-0.2, 0) is 0 Å². The SMILES string of the molecule is c1cc2cc3c(cc2s1)[se]c1cc2sccc2cc13. The quantitative estimate of drug-likeness (QED) is 0.327. The Morgan fingerprint density at radius 3 is 1.74 bits per heavy atom. The molecule has 0 fully saturated rings. The maximum atomic E-state index is 2.41. The average Bonchev–Trinajstić information content (AvgIpc) is 3.10. The van der Waals surface area contributed by atoms with Crippen molar-refractivity contribution in [3.63, 3.8) is 0 Å². The zero-order valence-electron chi connectivity index (χ0n) is 9.84. The van der Waals surface area contributed by atoms with Crippen molar-refractivity contribution in [2.45, 2.75) is 0 Å². The first kappa shape index (κ1) is 10.6. The molecule has 5 rings (SSSR count). The number of thiophene rings is 2. The average molecular weight is 343 g/mol. The molecule has 5 aromatic rings. The molecule has 90 valence electrons. The van der Waals surface area contributed by atoms with E-state index in [9.17, 15) is 0 Å². The summed E-state index contributed by atoms with van der Waals surface area (Å²) >= 11 is 4.17. The second-order valence-corrected chi connectivity index (χ2v) is 8.88. The zero-order chi connectivity index (χ0) is 12.4. The van der Waals surface area contributed by atoms with Gasteiger partial charge < -0.3 is 0 Å². The monoisotopic (exact) mass is 344 g/mol. The van der Waals surface area contributed by atoms with E-state index in [4.69, 9.17) is 0 Å². The van der Waals surface area contributed by atoms with Gasteiger partial charge in [0.25, 0.3) is 0 Å². The molecule has 2 aromatic carbocycles. The van der Waals surface area contributed by atoms with Crippen LogP contribution in [0, 0.1) is 0 Å². The Labute approximate surface area is 123 Å². The molecule has 0 spiro atoms. The van der Waals surface area contributed by atoms with E-state index < -0.39 is 0 Å². The molecule has 0 nitrogen and oxygen atoms in total. The van der Waals surface area contributed by atoms with Crippen LogP contribution >= 0.6 is 22.7 Å². The third-order valence-electron chi connectivity index (χ3n) is 3.62. The Hall–Kier alpha value is -1.12. The first-order chi connectivity index (χ1) is 9.38. The van der Waals surface area contributed by atoms with E-state index >= 15 is 0 Å². The van der Waals surface area contributed by atoms with Crippen LogP contribution in [0.15, 0.2) is 47.2 Å². The molecule has 3 aromatic heterocycles. The van der Waals surface area contributed by atoms with Crippen LogP contribution in [-0.4, -0.2) is 14.5 Å². The Balaban J connectivity index is 2.06. The molecule has 0 saturated heterocycles. The molecular weight excluding hydrogens is 335 g/mol. The molecule has 0 unspecified atom stereocenters. The molecule has 0 atom stereocenters. The van der Waals surface area contributed by atoms with Crippen LogP contribution in [0.25, 0.3) is 39.5 Å². The van der Waals surface area contributed by atoms with Crippen molar-refractivity contribution in [2.24, 2.45) is 0 Å².